The highest BCUT2D eigenvalue weighted by molar-refractivity contribution is 6.35. The predicted octanol–water partition coefficient (Wildman–Crippen LogP) is 2.69. The van der Waals surface area contributed by atoms with Gasteiger partial charge in [0.1, 0.15) is 12.2 Å². The molecule has 0 unspecified atom stereocenters. The summed E-state index contributed by atoms with van der Waals surface area (Å²) in [5.41, 5.74) is 0.745. The van der Waals surface area contributed by atoms with Gasteiger partial charge in [-0.2, -0.15) is 0 Å². The first kappa shape index (κ1) is 13.7. The molecule has 0 aromatic heterocycles. The van der Waals surface area contributed by atoms with Crippen molar-refractivity contribution in [3.8, 4) is 0 Å². The number of aliphatic hydroxyl groups is 1. The maximum atomic E-state index is 9.16. The van der Waals surface area contributed by atoms with Gasteiger partial charge in [0, 0.05) is 29.8 Å². The number of rotatable bonds is 5. The van der Waals surface area contributed by atoms with Gasteiger partial charge in [0.15, 0.2) is 0 Å². The molecule has 3 nitrogen and oxygen atoms in total. The molecule has 1 N–H and O–H groups in total. The smallest absolute Gasteiger partial charge is 0.112 e. The SMILES string of the molecule is CO[C@@H](CO)[C@@H](OC)c1ccc(Cl)cc1Cl. The van der Waals surface area contributed by atoms with Crippen LogP contribution in [0, 0.1) is 0 Å². The van der Waals surface area contributed by atoms with Crippen LogP contribution >= 0.6 is 23.2 Å². The zero-order valence-electron chi connectivity index (χ0n) is 9.11. The van der Waals surface area contributed by atoms with Crippen molar-refractivity contribution in [3.63, 3.8) is 0 Å². The summed E-state index contributed by atoms with van der Waals surface area (Å²) >= 11 is 11.9. The largest absolute Gasteiger partial charge is 0.394 e. The van der Waals surface area contributed by atoms with Crippen molar-refractivity contribution in [1.29, 1.82) is 0 Å². The molecule has 90 valence electrons. The van der Waals surface area contributed by atoms with E-state index in [4.69, 9.17) is 37.8 Å². The minimum Gasteiger partial charge on any atom is -0.394 e. The van der Waals surface area contributed by atoms with E-state index in [1.54, 1.807) is 18.2 Å². The molecule has 0 aliphatic rings. The van der Waals surface area contributed by atoms with Crippen molar-refractivity contribution in [3.05, 3.63) is 33.8 Å². The van der Waals surface area contributed by atoms with Gasteiger partial charge < -0.3 is 14.6 Å². The van der Waals surface area contributed by atoms with Crippen LogP contribution in [0.2, 0.25) is 10.0 Å². The normalized spacial score (nSPS) is 14.8. The first-order chi connectivity index (χ1) is 7.63. The topological polar surface area (TPSA) is 38.7 Å². The molecule has 0 aliphatic heterocycles. The lowest BCUT2D eigenvalue weighted by Gasteiger charge is -2.24. The summed E-state index contributed by atoms with van der Waals surface area (Å²) in [7, 11) is 3.05. The van der Waals surface area contributed by atoms with E-state index in [-0.39, 0.29) is 6.61 Å². The van der Waals surface area contributed by atoms with Crippen molar-refractivity contribution >= 4 is 23.2 Å². The van der Waals surface area contributed by atoms with E-state index < -0.39 is 12.2 Å². The van der Waals surface area contributed by atoms with Crippen LogP contribution < -0.4 is 0 Å². The summed E-state index contributed by atoms with van der Waals surface area (Å²) < 4.78 is 10.4. The van der Waals surface area contributed by atoms with Crippen LogP contribution in [0.1, 0.15) is 11.7 Å². The quantitative estimate of drug-likeness (QED) is 0.889. The Hall–Kier alpha value is -0.320. The molecule has 1 aromatic carbocycles. The minimum absolute atomic E-state index is 0.145. The van der Waals surface area contributed by atoms with E-state index >= 15 is 0 Å². The fourth-order valence-corrected chi connectivity index (χ4v) is 2.02. The van der Waals surface area contributed by atoms with Gasteiger partial charge in [-0.05, 0) is 12.1 Å². The van der Waals surface area contributed by atoms with E-state index in [2.05, 4.69) is 0 Å². The molecule has 5 heteroatoms. The molecule has 2 atom stereocenters. The van der Waals surface area contributed by atoms with Crippen molar-refractivity contribution in [1.82, 2.24) is 0 Å². The van der Waals surface area contributed by atoms with E-state index in [9.17, 15) is 0 Å². The van der Waals surface area contributed by atoms with E-state index in [0.717, 1.165) is 5.56 Å². The van der Waals surface area contributed by atoms with Crippen molar-refractivity contribution in [2.45, 2.75) is 12.2 Å². The summed E-state index contributed by atoms with van der Waals surface area (Å²) in [6, 6.07) is 5.12. The van der Waals surface area contributed by atoms with Crippen LogP contribution in [0.5, 0.6) is 0 Å². The monoisotopic (exact) mass is 264 g/mol. The summed E-state index contributed by atoms with van der Waals surface area (Å²) in [5, 5.41) is 10.2. The van der Waals surface area contributed by atoms with Crippen LogP contribution in [-0.2, 0) is 9.47 Å². The molecule has 0 amide bonds. The second-order valence-corrected chi connectivity index (χ2v) is 4.12. The molecule has 0 radical (unpaired) electrons. The summed E-state index contributed by atoms with van der Waals surface area (Å²) in [6.45, 7) is -0.145. The van der Waals surface area contributed by atoms with Crippen LogP contribution in [0.4, 0.5) is 0 Å². The molecule has 0 saturated carbocycles. The molecule has 0 heterocycles. The highest BCUT2D eigenvalue weighted by atomic mass is 35.5. The first-order valence-corrected chi connectivity index (χ1v) is 5.51. The molecule has 16 heavy (non-hydrogen) atoms. The zero-order chi connectivity index (χ0) is 12.1. The maximum absolute atomic E-state index is 9.16. The van der Waals surface area contributed by atoms with Gasteiger partial charge in [-0.25, -0.2) is 0 Å². The summed E-state index contributed by atoms with van der Waals surface area (Å²) in [5.74, 6) is 0. The number of halogens is 2. The Bertz CT molecular complexity index is 340. The second kappa shape index (κ2) is 6.42. The number of aliphatic hydroxyl groups excluding tert-OH is 1. The summed E-state index contributed by atoms with van der Waals surface area (Å²) in [6.07, 6.45) is -0.872. The highest BCUT2D eigenvalue weighted by Crippen LogP contribution is 2.30. The third-order valence-electron chi connectivity index (χ3n) is 2.34. The highest BCUT2D eigenvalue weighted by Gasteiger charge is 2.24. The van der Waals surface area contributed by atoms with Crippen LogP contribution in [0.25, 0.3) is 0 Å². The Labute approximate surface area is 105 Å². The van der Waals surface area contributed by atoms with Gasteiger partial charge in [0.2, 0.25) is 0 Å². The van der Waals surface area contributed by atoms with Gasteiger partial charge in [-0.3, -0.25) is 0 Å². The Morgan fingerprint density at radius 1 is 1.25 bits per heavy atom. The molecule has 1 aromatic rings. The molecular weight excluding hydrogens is 251 g/mol. The van der Waals surface area contributed by atoms with Gasteiger partial charge in [0.05, 0.1) is 6.61 Å². The van der Waals surface area contributed by atoms with Crippen molar-refractivity contribution in [2.24, 2.45) is 0 Å². The lowest BCUT2D eigenvalue weighted by Crippen LogP contribution is -2.26. The van der Waals surface area contributed by atoms with Gasteiger partial charge >= 0.3 is 0 Å². The molecule has 0 fully saturated rings. The van der Waals surface area contributed by atoms with Crippen LogP contribution in [-0.4, -0.2) is 32.0 Å². The second-order valence-electron chi connectivity index (χ2n) is 3.28. The van der Waals surface area contributed by atoms with Crippen LogP contribution in [0.3, 0.4) is 0 Å². The lowest BCUT2D eigenvalue weighted by molar-refractivity contribution is -0.0616. The Kier molecular flexibility index (Phi) is 5.52. The van der Waals surface area contributed by atoms with Gasteiger partial charge in [0.25, 0.3) is 0 Å². The Morgan fingerprint density at radius 2 is 1.94 bits per heavy atom. The van der Waals surface area contributed by atoms with E-state index in [0.29, 0.717) is 10.0 Å². The molecule has 0 spiro atoms. The fourth-order valence-electron chi connectivity index (χ4n) is 1.51. The Morgan fingerprint density at radius 3 is 2.38 bits per heavy atom. The van der Waals surface area contributed by atoms with Gasteiger partial charge in [-0.1, -0.05) is 29.3 Å². The number of hydrogen-bond donors (Lipinski definition) is 1. The van der Waals surface area contributed by atoms with Crippen molar-refractivity contribution < 1.29 is 14.6 Å². The third-order valence-corrected chi connectivity index (χ3v) is 2.91. The average Bonchev–Trinajstić information content (AvgIpc) is 2.27. The third kappa shape index (κ3) is 3.09. The zero-order valence-corrected chi connectivity index (χ0v) is 10.6. The Balaban J connectivity index is 3.03. The molecule has 0 saturated heterocycles. The van der Waals surface area contributed by atoms with E-state index in [1.807, 2.05) is 0 Å². The fraction of sp³-hybridized carbons (Fsp3) is 0.455. The number of ether oxygens (including phenoxy) is 2. The lowest BCUT2D eigenvalue weighted by atomic mass is 10.0. The molecule has 0 bridgehead atoms. The first-order valence-electron chi connectivity index (χ1n) is 4.75. The molecular formula is C11H14Cl2O3. The standard InChI is InChI=1S/C11H14Cl2O3/c1-15-10(6-14)11(16-2)8-4-3-7(12)5-9(8)13/h3-5,10-11,14H,6H2,1-2H3/t10-,11-/m0/s1. The van der Waals surface area contributed by atoms with Crippen molar-refractivity contribution in [2.75, 3.05) is 20.8 Å². The summed E-state index contributed by atoms with van der Waals surface area (Å²) in [4.78, 5) is 0. The minimum atomic E-state index is -0.455. The van der Waals surface area contributed by atoms with Crippen LogP contribution in [0.15, 0.2) is 18.2 Å². The number of methoxy groups -OCH3 is 2. The van der Waals surface area contributed by atoms with Gasteiger partial charge in [-0.15, -0.1) is 0 Å². The maximum Gasteiger partial charge on any atom is 0.112 e. The molecule has 0 aliphatic carbocycles. The van der Waals surface area contributed by atoms with E-state index in [1.165, 1.54) is 14.2 Å². The number of benzene rings is 1. The predicted molar refractivity (Wildman–Crippen MR) is 64.1 cm³/mol. The number of hydrogen-bond acceptors (Lipinski definition) is 3. The molecule has 1 rings (SSSR count). The average molecular weight is 265 g/mol.